The van der Waals surface area contributed by atoms with E-state index < -0.39 is 10.0 Å². The summed E-state index contributed by atoms with van der Waals surface area (Å²) in [4.78, 5) is 5.24. The minimum Gasteiger partial charge on any atom is -0.312 e. The van der Waals surface area contributed by atoms with Gasteiger partial charge < -0.3 is 5.32 Å². The van der Waals surface area contributed by atoms with E-state index in [4.69, 9.17) is 5.14 Å². The first-order valence-electron chi connectivity index (χ1n) is 4.47. The van der Waals surface area contributed by atoms with Crippen LogP contribution in [0.2, 0.25) is 0 Å². The van der Waals surface area contributed by atoms with Crippen molar-refractivity contribution in [1.29, 1.82) is 0 Å². The zero-order chi connectivity index (χ0) is 11.6. The SMILES string of the molecule is CNC(C)c1sc(CS(N)(=O)=O)nc1C. The van der Waals surface area contributed by atoms with Gasteiger partial charge in [0.15, 0.2) is 0 Å². The van der Waals surface area contributed by atoms with Gasteiger partial charge in [0.05, 0.1) is 5.69 Å². The van der Waals surface area contributed by atoms with Crippen molar-refractivity contribution in [2.45, 2.75) is 25.6 Å². The number of rotatable bonds is 4. The molecule has 1 rings (SSSR count). The number of sulfonamides is 1. The highest BCUT2D eigenvalue weighted by molar-refractivity contribution is 7.88. The molecule has 0 amide bonds. The van der Waals surface area contributed by atoms with Crippen molar-refractivity contribution in [3.63, 3.8) is 0 Å². The van der Waals surface area contributed by atoms with Crippen molar-refractivity contribution in [2.24, 2.45) is 5.14 Å². The highest BCUT2D eigenvalue weighted by Gasteiger charge is 2.15. The Hall–Kier alpha value is -0.500. The molecule has 0 aliphatic rings. The highest BCUT2D eigenvalue weighted by Crippen LogP contribution is 2.25. The van der Waals surface area contributed by atoms with Crippen LogP contribution >= 0.6 is 11.3 Å². The van der Waals surface area contributed by atoms with E-state index in [2.05, 4.69) is 10.3 Å². The van der Waals surface area contributed by atoms with Gasteiger partial charge in [0.1, 0.15) is 10.8 Å². The van der Waals surface area contributed by atoms with Crippen LogP contribution in [0.5, 0.6) is 0 Å². The maximum atomic E-state index is 10.9. The molecule has 15 heavy (non-hydrogen) atoms. The fourth-order valence-corrected chi connectivity index (χ4v) is 3.29. The Morgan fingerprint density at radius 3 is 2.67 bits per heavy atom. The van der Waals surface area contributed by atoms with Crippen molar-refractivity contribution < 1.29 is 8.42 Å². The van der Waals surface area contributed by atoms with Crippen molar-refractivity contribution in [3.05, 3.63) is 15.6 Å². The van der Waals surface area contributed by atoms with E-state index in [0.29, 0.717) is 5.01 Å². The van der Waals surface area contributed by atoms with E-state index in [0.717, 1.165) is 10.6 Å². The van der Waals surface area contributed by atoms with Gasteiger partial charge in [0.2, 0.25) is 10.0 Å². The number of nitrogens with zero attached hydrogens (tertiary/aromatic N) is 1. The third-order valence-corrected chi connectivity index (χ3v) is 4.23. The minimum absolute atomic E-state index is 0.178. The van der Waals surface area contributed by atoms with E-state index in [1.54, 1.807) is 0 Å². The number of nitrogens with two attached hydrogens (primary N) is 1. The second-order valence-corrected chi connectivity index (χ2v) is 6.10. The number of primary sulfonamides is 1. The fourth-order valence-electron chi connectivity index (χ4n) is 1.23. The first-order chi connectivity index (χ1) is 6.83. The Morgan fingerprint density at radius 1 is 1.60 bits per heavy atom. The normalized spacial score (nSPS) is 14.1. The Balaban J connectivity index is 2.96. The van der Waals surface area contributed by atoms with E-state index in [-0.39, 0.29) is 11.8 Å². The molecule has 1 atom stereocenters. The monoisotopic (exact) mass is 249 g/mol. The van der Waals surface area contributed by atoms with Gasteiger partial charge in [0.25, 0.3) is 0 Å². The summed E-state index contributed by atoms with van der Waals surface area (Å²) in [5, 5.41) is 8.59. The maximum absolute atomic E-state index is 10.9. The Kier molecular flexibility index (Phi) is 3.82. The van der Waals surface area contributed by atoms with Crippen LogP contribution in [0.15, 0.2) is 0 Å². The molecule has 7 heteroatoms. The summed E-state index contributed by atoms with van der Waals surface area (Å²) in [6, 6.07) is 0.178. The van der Waals surface area contributed by atoms with Crippen molar-refractivity contribution in [1.82, 2.24) is 10.3 Å². The van der Waals surface area contributed by atoms with Crippen LogP contribution in [0.25, 0.3) is 0 Å². The van der Waals surface area contributed by atoms with E-state index in [9.17, 15) is 8.42 Å². The van der Waals surface area contributed by atoms with E-state index in [1.165, 1.54) is 11.3 Å². The average molecular weight is 249 g/mol. The third kappa shape index (κ3) is 3.53. The summed E-state index contributed by atoms with van der Waals surface area (Å²) in [7, 11) is -1.64. The summed E-state index contributed by atoms with van der Waals surface area (Å²) < 4.78 is 21.8. The summed E-state index contributed by atoms with van der Waals surface area (Å²) in [6.45, 7) is 3.87. The fraction of sp³-hybridized carbons (Fsp3) is 0.625. The number of aromatic nitrogens is 1. The Labute approximate surface area is 93.8 Å². The molecule has 3 N–H and O–H groups in total. The largest absolute Gasteiger partial charge is 0.312 e. The predicted molar refractivity (Wildman–Crippen MR) is 61.1 cm³/mol. The van der Waals surface area contributed by atoms with Crippen LogP contribution in [0, 0.1) is 6.92 Å². The highest BCUT2D eigenvalue weighted by atomic mass is 32.2. The molecule has 0 aliphatic heterocycles. The van der Waals surface area contributed by atoms with Gasteiger partial charge in [-0.2, -0.15) is 0 Å². The van der Waals surface area contributed by atoms with Crippen LogP contribution in [0.3, 0.4) is 0 Å². The van der Waals surface area contributed by atoms with Gasteiger partial charge >= 0.3 is 0 Å². The zero-order valence-electron chi connectivity index (χ0n) is 8.94. The lowest BCUT2D eigenvalue weighted by molar-refractivity contribution is 0.597. The van der Waals surface area contributed by atoms with Crippen molar-refractivity contribution in [3.8, 4) is 0 Å². The summed E-state index contributed by atoms with van der Waals surface area (Å²) in [6.07, 6.45) is 0. The quantitative estimate of drug-likeness (QED) is 0.814. The van der Waals surface area contributed by atoms with Gasteiger partial charge in [-0.3, -0.25) is 0 Å². The molecule has 1 unspecified atom stereocenters. The van der Waals surface area contributed by atoms with Crippen LogP contribution < -0.4 is 10.5 Å². The predicted octanol–water partition coefficient (Wildman–Crippen LogP) is 0.520. The second-order valence-electron chi connectivity index (χ2n) is 3.37. The molecular weight excluding hydrogens is 234 g/mol. The van der Waals surface area contributed by atoms with Crippen LogP contribution in [-0.4, -0.2) is 20.4 Å². The molecule has 1 aromatic heterocycles. The number of hydrogen-bond acceptors (Lipinski definition) is 5. The average Bonchev–Trinajstić information content (AvgIpc) is 2.42. The van der Waals surface area contributed by atoms with E-state index in [1.807, 2.05) is 20.9 Å². The third-order valence-electron chi connectivity index (χ3n) is 2.03. The zero-order valence-corrected chi connectivity index (χ0v) is 10.6. The molecule has 0 saturated heterocycles. The summed E-state index contributed by atoms with van der Waals surface area (Å²) in [5.41, 5.74) is 0.862. The molecule has 0 saturated carbocycles. The molecule has 5 nitrogen and oxygen atoms in total. The lowest BCUT2D eigenvalue weighted by atomic mass is 10.2. The minimum atomic E-state index is -3.49. The summed E-state index contributed by atoms with van der Waals surface area (Å²) in [5.74, 6) is -0.186. The molecule has 0 fully saturated rings. The number of aryl methyl sites for hydroxylation is 1. The first kappa shape index (κ1) is 12.6. The maximum Gasteiger partial charge on any atom is 0.215 e. The van der Waals surface area contributed by atoms with Crippen molar-refractivity contribution in [2.75, 3.05) is 7.05 Å². The first-order valence-corrected chi connectivity index (χ1v) is 7.00. The number of thiazole rings is 1. The van der Waals surface area contributed by atoms with Crippen LogP contribution in [-0.2, 0) is 15.8 Å². The molecule has 0 aliphatic carbocycles. The summed E-state index contributed by atoms with van der Waals surface area (Å²) >= 11 is 1.39. The topological polar surface area (TPSA) is 85.1 Å². The van der Waals surface area contributed by atoms with Gasteiger partial charge in [-0.15, -0.1) is 11.3 Å². The van der Waals surface area contributed by atoms with Crippen LogP contribution in [0.4, 0.5) is 0 Å². The van der Waals surface area contributed by atoms with Gasteiger partial charge in [0, 0.05) is 10.9 Å². The van der Waals surface area contributed by atoms with Gasteiger partial charge in [-0.1, -0.05) is 0 Å². The van der Waals surface area contributed by atoms with Gasteiger partial charge in [-0.25, -0.2) is 18.5 Å². The van der Waals surface area contributed by atoms with Gasteiger partial charge in [-0.05, 0) is 20.9 Å². The molecule has 0 radical (unpaired) electrons. The van der Waals surface area contributed by atoms with Crippen LogP contribution in [0.1, 0.15) is 28.5 Å². The standard InChI is InChI=1S/C8H15N3O2S2/c1-5(10-3)8-6(2)11-7(14-8)4-15(9,12)13/h5,10H,4H2,1-3H3,(H2,9,12,13). The Morgan fingerprint density at radius 2 is 2.20 bits per heavy atom. The molecule has 0 aromatic carbocycles. The van der Waals surface area contributed by atoms with E-state index >= 15 is 0 Å². The number of nitrogens with one attached hydrogen (secondary N) is 1. The molecular formula is C8H15N3O2S2. The molecule has 1 heterocycles. The Bertz CT molecular complexity index is 439. The lowest BCUT2D eigenvalue weighted by Gasteiger charge is -2.06. The molecule has 0 bridgehead atoms. The molecule has 1 aromatic rings. The van der Waals surface area contributed by atoms with Crippen molar-refractivity contribution >= 4 is 21.4 Å². The lowest BCUT2D eigenvalue weighted by Crippen LogP contribution is -2.14. The number of hydrogen-bond donors (Lipinski definition) is 2. The second kappa shape index (κ2) is 4.56. The molecule has 86 valence electrons. The molecule has 0 spiro atoms. The smallest absolute Gasteiger partial charge is 0.215 e.